The van der Waals surface area contributed by atoms with Crippen LogP contribution in [0.25, 0.3) is 11.1 Å². The van der Waals surface area contributed by atoms with Crippen LogP contribution in [-0.4, -0.2) is 113 Å². The van der Waals surface area contributed by atoms with Gasteiger partial charge in [-0.25, -0.2) is 22.8 Å². The van der Waals surface area contributed by atoms with E-state index in [0.29, 0.717) is 36.2 Å². The van der Waals surface area contributed by atoms with E-state index in [2.05, 4.69) is 24.6 Å². The topological polar surface area (TPSA) is 309 Å². The lowest BCUT2D eigenvalue weighted by Gasteiger charge is -2.51. The van der Waals surface area contributed by atoms with Crippen LogP contribution < -0.4 is 36.1 Å². The first-order valence-corrected chi connectivity index (χ1v) is 20.1. The molecule has 314 valence electrons. The maximum Gasteiger partial charge on any atom is 0.393 e. The maximum atomic E-state index is 13.6. The molecule has 0 radical (unpaired) electrons. The van der Waals surface area contributed by atoms with Gasteiger partial charge < -0.3 is 45.9 Å². The van der Waals surface area contributed by atoms with Crippen molar-refractivity contribution in [2.24, 2.45) is 29.8 Å². The van der Waals surface area contributed by atoms with Crippen molar-refractivity contribution in [2.75, 3.05) is 43.4 Å². The molecule has 3 atom stereocenters. The molecule has 6 rings (SSSR count). The number of hydroxylamine groups is 2. The molecular formula is C35H44N9O12S2-. The van der Waals surface area contributed by atoms with Gasteiger partial charge in [0.15, 0.2) is 22.7 Å². The number of nitrogen functional groups attached to an aromatic ring is 1. The number of thiazole rings is 1. The fourth-order valence-corrected chi connectivity index (χ4v) is 7.80. The lowest BCUT2D eigenvalue weighted by Crippen LogP contribution is -2.68. The molecule has 3 aliphatic heterocycles. The molecule has 1 aromatic carbocycles. The van der Waals surface area contributed by atoms with Crippen molar-refractivity contribution in [1.29, 1.82) is 0 Å². The number of hydrogen-bond donors (Lipinski definition) is 4. The van der Waals surface area contributed by atoms with Gasteiger partial charge in [-0.1, -0.05) is 16.2 Å². The number of hydrogen-bond acceptors (Lipinski definition) is 19. The van der Waals surface area contributed by atoms with Crippen LogP contribution in [0.2, 0.25) is 0 Å². The number of anilines is 2. The second-order valence-electron chi connectivity index (χ2n) is 14.5. The van der Waals surface area contributed by atoms with E-state index in [1.54, 1.807) is 6.07 Å². The number of ketones is 1. The van der Waals surface area contributed by atoms with Crippen LogP contribution in [0.4, 0.5) is 11.1 Å². The number of carboxylic acid groups (broad SMARTS) is 2. The SMILES string of the molecule is C[n+]1cc(-c2ccc3c(c2)CC[C@H]([C@](C)(O/N=C(\C(=O)C[C@@H]2C(=O)N(OS(=O)(=O)[O-])C2(C)C)c2csc(N)n2)C(=O)O)O3)cnc1N(CCN)CC1CNC1.O=C[O-]. The van der Waals surface area contributed by atoms with Gasteiger partial charge in [-0.05, 0) is 56.9 Å². The number of aliphatic carboxylic acids is 1. The molecule has 3 aromatic rings. The van der Waals surface area contributed by atoms with E-state index in [0.717, 1.165) is 53.6 Å². The Hall–Kier alpha value is -5.33. The Kier molecular flexibility index (Phi) is 13.3. The van der Waals surface area contributed by atoms with E-state index in [-0.39, 0.29) is 17.2 Å². The number of β-lactam (4-membered cyclic amide) rings is 1. The number of amides is 1. The molecule has 2 fully saturated rings. The number of ether oxygens (including phenoxy) is 1. The highest BCUT2D eigenvalue weighted by atomic mass is 32.3. The lowest BCUT2D eigenvalue weighted by molar-refractivity contribution is -0.661. The highest BCUT2D eigenvalue weighted by Gasteiger charge is 2.57. The fraction of sp³-hybridized carbons (Fsp3) is 0.486. The second kappa shape index (κ2) is 17.7. The van der Waals surface area contributed by atoms with E-state index in [4.69, 9.17) is 35.9 Å². The monoisotopic (exact) mass is 846 g/mol. The third-order valence-electron chi connectivity index (χ3n) is 10.2. The predicted octanol–water partition coefficient (Wildman–Crippen LogP) is -1.49. The minimum atomic E-state index is -5.26. The summed E-state index contributed by atoms with van der Waals surface area (Å²) in [6.45, 7) is 7.59. The highest BCUT2D eigenvalue weighted by molar-refractivity contribution is 7.80. The summed E-state index contributed by atoms with van der Waals surface area (Å²) in [6.07, 6.45) is 2.91. The van der Waals surface area contributed by atoms with Crippen molar-refractivity contribution in [3.8, 4) is 16.9 Å². The number of oxime groups is 1. The zero-order valence-electron chi connectivity index (χ0n) is 32.0. The Morgan fingerprint density at radius 1 is 1.31 bits per heavy atom. The van der Waals surface area contributed by atoms with Gasteiger partial charge >= 0.3 is 11.9 Å². The Morgan fingerprint density at radius 3 is 2.57 bits per heavy atom. The molecule has 0 aliphatic carbocycles. The molecule has 2 saturated heterocycles. The summed E-state index contributed by atoms with van der Waals surface area (Å²) in [5.74, 6) is -2.41. The summed E-state index contributed by atoms with van der Waals surface area (Å²) in [6, 6.07) is 5.59. The van der Waals surface area contributed by atoms with Gasteiger partial charge in [0.2, 0.25) is 10.4 Å². The van der Waals surface area contributed by atoms with E-state index in [1.807, 2.05) is 36.1 Å². The first-order chi connectivity index (χ1) is 27.3. The minimum absolute atomic E-state index is 0.0267. The van der Waals surface area contributed by atoms with Crippen molar-refractivity contribution < 1.29 is 60.8 Å². The van der Waals surface area contributed by atoms with E-state index >= 15 is 0 Å². The van der Waals surface area contributed by atoms with Crippen LogP contribution in [0.3, 0.4) is 0 Å². The summed E-state index contributed by atoms with van der Waals surface area (Å²) in [5.41, 5.74) is 10.4. The molecule has 58 heavy (non-hydrogen) atoms. The molecule has 0 bridgehead atoms. The van der Waals surface area contributed by atoms with Gasteiger partial charge in [0.05, 0.1) is 37.8 Å². The molecule has 2 aromatic heterocycles. The zero-order chi connectivity index (χ0) is 42.6. The van der Waals surface area contributed by atoms with Crippen LogP contribution in [0.5, 0.6) is 5.75 Å². The number of carboxylic acids is 1. The standard InChI is InChI=1S/C34H43N9O10S2.CH2O2/c1-33(2)23(29(45)43(33)53-55(48,49)50)12-25(44)28(24-18-54-31(36)39-24)40-52-34(3,30(46)47)27-8-6-21-11-20(5-7-26(21)51-27)22-15-38-32(41(4)17-22)42(10-9-35)16-19-13-37-14-19;2-1-3/h5,7,11,15,17-19,23,27,37H,6,8-10,12-14,16,35H2,1-4H3,(H3-,36,39,46,47,48,49,50);1H,(H,2,3)/p-1/b40-28-;/t23-,27-,34+;/m1./s1. The van der Waals surface area contributed by atoms with Crippen molar-refractivity contribution in [3.63, 3.8) is 0 Å². The number of nitrogens with two attached hydrogens (primary N) is 2. The minimum Gasteiger partial charge on any atom is -0.724 e. The number of nitrogens with zero attached hydrogens (tertiary/aromatic N) is 6. The Morgan fingerprint density at radius 2 is 2.02 bits per heavy atom. The first-order valence-electron chi connectivity index (χ1n) is 17.9. The first kappa shape index (κ1) is 43.8. The molecule has 0 spiro atoms. The van der Waals surface area contributed by atoms with E-state index in [9.17, 15) is 32.5 Å². The number of carbonyl (C=O) groups is 4. The van der Waals surface area contributed by atoms with Crippen LogP contribution in [0, 0.1) is 11.8 Å². The summed E-state index contributed by atoms with van der Waals surface area (Å²) in [7, 11) is -3.31. The van der Waals surface area contributed by atoms with Gasteiger partial charge in [0.25, 0.3) is 11.5 Å². The summed E-state index contributed by atoms with van der Waals surface area (Å²) >= 11 is 0.991. The van der Waals surface area contributed by atoms with Gasteiger partial charge in [-0.3, -0.25) is 14.5 Å². The summed E-state index contributed by atoms with van der Waals surface area (Å²) < 4.78 is 45.8. The summed E-state index contributed by atoms with van der Waals surface area (Å²) in [4.78, 5) is 64.1. The predicted molar refractivity (Wildman–Crippen MR) is 202 cm³/mol. The van der Waals surface area contributed by atoms with Gasteiger partial charge in [0, 0.05) is 49.4 Å². The zero-order valence-corrected chi connectivity index (χ0v) is 33.7. The second-order valence-corrected chi connectivity index (χ2v) is 16.4. The molecule has 0 unspecified atom stereocenters. The number of benzene rings is 1. The van der Waals surface area contributed by atoms with Gasteiger partial charge in [-0.15, -0.1) is 11.3 Å². The van der Waals surface area contributed by atoms with Crippen molar-refractivity contribution in [1.82, 2.24) is 20.3 Å². The molecule has 5 heterocycles. The van der Waals surface area contributed by atoms with E-state index in [1.165, 1.54) is 26.2 Å². The van der Waals surface area contributed by atoms with Crippen molar-refractivity contribution in [3.05, 3.63) is 47.2 Å². The van der Waals surface area contributed by atoms with Crippen LogP contribution in [-0.2, 0) is 52.2 Å². The van der Waals surface area contributed by atoms with Crippen molar-refractivity contribution >= 4 is 62.7 Å². The highest BCUT2D eigenvalue weighted by Crippen LogP contribution is 2.41. The molecular weight excluding hydrogens is 803 g/mol. The third-order valence-corrected chi connectivity index (χ3v) is 11.2. The number of nitrogens with one attached hydrogen (secondary N) is 1. The van der Waals surface area contributed by atoms with E-state index < -0.39 is 69.8 Å². The molecule has 3 aliphatic rings. The number of rotatable bonds is 16. The summed E-state index contributed by atoms with van der Waals surface area (Å²) in [5, 5.41) is 27.8. The number of fused-ring (bicyclic) bond motifs is 1. The quantitative estimate of drug-likeness (QED) is 0.0243. The number of Topliss-reactive ketones (excluding diaryl/α,β-unsaturated/α-hetero) is 1. The molecule has 23 heteroatoms. The average Bonchev–Trinajstić information content (AvgIpc) is 3.58. The largest absolute Gasteiger partial charge is 0.724 e. The molecule has 1 amide bonds. The lowest BCUT2D eigenvalue weighted by atomic mass is 9.74. The Labute approximate surface area is 337 Å². The number of carbonyl (C=O) groups excluding carboxylic acids is 3. The molecule has 0 saturated carbocycles. The maximum absolute atomic E-state index is 13.6. The van der Waals surface area contributed by atoms with Gasteiger partial charge in [-0.2, -0.15) is 9.35 Å². The number of aromatic nitrogens is 3. The fourth-order valence-electron chi connectivity index (χ4n) is 6.81. The normalized spacial score (nSPS) is 19.9. The number of aryl methyl sites for hydroxylation is 2. The third kappa shape index (κ3) is 9.51. The van der Waals surface area contributed by atoms with Crippen LogP contribution in [0.15, 0.2) is 41.1 Å². The Bertz CT molecular complexity index is 2180. The Balaban J connectivity index is 0.00000207. The molecule has 21 nitrogen and oxygen atoms in total. The smallest absolute Gasteiger partial charge is 0.393 e. The van der Waals surface area contributed by atoms with Crippen LogP contribution >= 0.6 is 11.3 Å². The van der Waals surface area contributed by atoms with Gasteiger partial charge in [0.1, 0.15) is 17.6 Å². The average molecular weight is 847 g/mol. The molecule has 6 N–H and O–H groups in total. The van der Waals surface area contributed by atoms with Crippen molar-refractivity contribution in [2.45, 2.75) is 57.3 Å². The van der Waals surface area contributed by atoms with Crippen LogP contribution in [0.1, 0.15) is 44.9 Å².